The van der Waals surface area contributed by atoms with Gasteiger partial charge in [0.25, 0.3) is 11.6 Å². The number of rotatable bonds is 7. The summed E-state index contributed by atoms with van der Waals surface area (Å²) in [6, 6.07) is 12.7. The van der Waals surface area contributed by atoms with Gasteiger partial charge >= 0.3 is 5.97 Å². The van der Waals surface area contributed by atoms with Crippen molar-refractivity contribution in [1.82, 2.24) is 10.3 Å². The van der Waals surface area contributed by atoms with Crippen molar-refractivity contribution in [3.05, 3.63) is 94.3 Å². The van der Waals surface area contributed by atoms with Crippen molar-refractivity contribution in [1.29, 1.82) is 0 Å². The molecular weight excluding hydrogens is 474 g/mol. The number of aromatic nitrogens is 1. The van der Waals surface area contributed by atoms with E-state index in [0.717, 1.165) is 30.7 Å². The number of hydrogen-bond donors (Lipinski definition) is 1. The maximum absolute atomic E-state index is 12.8. The van der Waals surface area contributed by atoms with E-state index in [1.807, 2.05) is 0 Å². The molecule has 35 heavy (non-hydrogen) atoms. The van der Waals surface area contributed by atoms with Crippen LogP contribution in [0.2, 0.25) is 0 Å². The molecule has 0 spiro atoms. The summed E-state index contributed by atoms with van der Waals surface area (Å²) in [6.45, 7) is 0. The number of pyridine rings is 1. The number of nitro benzene ring substituents is 1. The number of hydrogen-bond acceptors (Lipinski definition) is 8. The molecule has 0 unspecified atom stereocenters. The first-order chi connectivity index (χ1) is 16.8. The van der Waals surface area contributed by atoms with E-state index in [-0.39, 0.29) is 33.0 Å². The SMILES string of the molecule is O=C(N[C@@H]1CCC[C@H]1OC(=O)c1ccc(S(=O)(=O)c2ccc([N+](=O)[O-])cc2)cc1)c1ccncc1. The van der Waals surface area contributed by atoms with E-state index in [1.54, 1.807) is 12.1 Å². The van der Waals surface area contributed by atoms with Gasteiger partial charge in [-0.25, -0.2) is 13.2 Å². The Morgan fingerprint density at radius 1 is 0.914 bits per heavy atom. The molecule has 10 nitrogen and oxygen atoms in total. The molecule has 1 aromatic heterocycles. The number of esters is 1. The fourth-order valence-electron chi connectivity index (χ4n) is 3.85. The predicted molar refractivity (Wildman–Crippen MR) is 124 cm³/mol. The highest BCUT2D eigenvalue weighted by Gasteiger charge is 2.32. The average Bonchev–Trinajstić information content (AvgIpc) is 3.30. The summed E-state index contributed by atoms with van der Waals surface area (Å²) in [5.41, 5.74) is 0.407. The number of benzene rings is 2. The first-order valence-electron chi connectivity index (χ1n) is 10.8. The molecule has 1 aliphatic carbocycles. The van der Waals surface area contributed by atoms with Crippen LogP contribution in [0.1, 0.15) is 40.0 Å². The largest absolute Gasteiger partial charge is 0.457 e. The molecule has 1 N–H and O–H groups in total. The summed E-state index contributed by atoms with van der Waals surface area (Å²) in [5, 5.41) is 13.7. The number of nitrogens with zero attached hydrogens (tertiary/aromatic N) is 2. The fourth-order valence-corrected chi connectivity index (χ4v) is 5.11. The van der Waals surface area contributed by atoms with Crippen LogP contribution in [0.4, 0.5) is 5.69 Å². The van der Waals surface area contributed by atoms with E-state index in [4.69, 9.17) is 4.74 Å². The number of carbonyl (C=O) groups is 2. The zero-order valence-electron chi connectivity index (χ0n) is 18.4. The number of sulfone groups is 1. The number of carbonyl (C=O) groups excluding carboxylic acids is 2. The summed E-state index contributed by atoms with van der Waals surface area (Å²) < 4.78 is 31.2. The zero-order chi connectivity index (χ0) is 25.0. The third-order valence-electron chi connectivity index (χ3n) is 5.73. The molecule has 0 radical (unpaired) electrons. The Kier molecular flexibility index (Phi) is 6.87. The minimum Gasteiger partial charge on any atom is -0.457 e. The Morgan fingerprint density at radius 2 is 1.51 bits per heavy atom. The van der Waals surface area contributed by atoms with Gasteiger partial charge in [0, 0.05) is 30.1 Å². The van der Waals surface area contributed by atoms with Gasteiger partial charge in [0.1, 0.15) is 6.10 Å². The molecule has 1 heterocycles. The van der Waals surface area contributed by atoms with Gasteiger partial charge in [0.05, 0.1) is 26.3 Å². The summed E-state index contributed by atoms with van der Waals surface area (Å²) in [7, 11) is -3.92. The molecule has 4 rings (SSSR count). The van der Waals surface area contributed by atoms with Gasteiger partial charge in [-0.15, -0.1) is 0 Å². The van der Waals surface area contributed by atoms with Crippen LogP contribution in [0.5, 0.6) is 0 Å². The van der Waals surface area contributed by atoms with Crippen LogP contribution >= 0.6 is 0 Å². The predicted octanol–water partition coefficient (Wildman–Crippen LogP) is 3.33. The van der Waals surface area contributed by atoms with Gasteiger partial charge in [0.15, 0.2) is 0 Å². The van der Waals surface area contributed by atoms with Crippen LogP contribution in [0.3, 0.4) is 0 Å². The van der Waals surface area contributed by atoms with E-state index < -0.39 is 26.8 Å². The van der Waals surface area contributed by atoms with Crippen LogP contribution in [0, 0.1) is 10.1 Å². The molecule has 180 valence electrons. The van der Waals surface area contributed by atoms with Gasteiger partial charge < -0.3 is 10.1 Å². The van der Waals surface area contributed by atoms with Gasteiger partial charge in [-0.1, -0.05) is 0 Å². The molecule has 1 saturated carbocycles. The van der Waals surface area contributed by atoms with Gasteiger partial charge in [-0.05, 0) is 67.8 Å². The van der Waals surface area contributed by atoms with Crippen LogP contribution < -0.4 is 5.32 Å². The van der Waals surface area contributed by atoms with Crippen molar-refractivity contribution in [2.24, 2.45) is 0 Å². The van der Waals surface area contributed by atoms with Gasteiger partial charge in [-0.2, -0.15) is 0 Å². The van der Waals surface area contributed by atoms with E-state index in [2.05, 4.69) is 10.3 Å². The second kappa shape index (κ2) is 10.0. The summed E-state index contributed by atoms with van der Waals surface area (Å²) >= 11 is 0. The second-order valence-corrected chi connectivity index (χ2v) is 9.92. The van der Waals surface area contributed by atoms with Crippen molar-refractivity contribution in [2.45, 2.75) is 41.2 Å². The van der Waals surface area contributed by atoms with Crippen molar-refractivity contribution >= 4 is 27.4 Å². The van der Waals surface area contributed by atoms with E-state index in [0.29, 0.717) is 18.4 Å². The smallest absolute Gasteiger partial charge is 0.338 e. The van der Waals surface area contributed by atoms with Crippen LogP contribution in [-0.2, 0) is 14.6 Å². The molecule has 1 amide bonds. The zero-order valence-corrected chi connectivity index (χ0v) is 19.2. The highest BCUT2D eigenvalue weighted by atomic mass is 32.2. The highest BCUT2D eigenvalue weighted by Crippen LogP contribution is 2.26. The molecule has 1 fully saturated rings. The van der Waals surface area contributed by atoms with Crippen molar-refractivity contribution < 1.29 is 27.7 Å². The number of non-ortho nitro benzene ring substituents is 1. The Balaban J connectivity index is 1.42. The number of amides is 1. The monoisotopic (exact) mass is 495 g/mol. The first kappa shape index (κ1) is 24.0. The summed E-state index contributed by atoms with van der Waals surface area (Å²) in [6.07, 6.45) is 4.59. The Hall–Kier alpha value is -4.12. The molecule has 0 saturated heterocycles. The second-order valence-electron chi connectivity index (χ2n) is 7.97. The molecule has 3 aromatic rings. The molecular formula is C24H21N3O7S. The molecule has 11 heteroatoms. The number of ether oxygens (including phenoxy) is 1. The lowest BCUT2D eigenvalue weighted by atomic mass is 10.1. The van der Waals surface area contributed by atoms with E-state index >= 15 is 0 Å². The minimum absolute atomic E-state index is 0.0636. The molecule has 0 aliphatic heterocycles. The van der Waals surface area contributed by atoms with Gasteiger partial charge in [0.2, 0.25) is 9.84 Å². The van der Waals surface area contributed by atoms with Crippen LogP contribution in [0.25, 0.3) is 0 Å². The van der Waals surface area contributed by atoms with Crippen molar-refractivity contribution in [3.63, 3.8) is 0 Å². The normalized spacial score (nSPS) is 17.5. The maximum Gasteiger partial charge on any atom is 0.338 e. The van der Waals surface area contributed by atoms with Gasteiger partial charge in [-0.3, -0.25) is 19.9 Å². The third-order valence-corrected chi connectivity index (χ3v) is 7.51. The van der Waals surface area contributed by atoms with Crippen LogP contribution in [0.15, 0.2) is 82.8 Å². The van der Waals surface area contributed by atoms with Crippen molar-refractivity contribution in [3.8, 4) is 0 Å². The average molecular weight is 496 g/mol. The Bertz CT molecular complexity index is 1340. The quantitative estimate of drug-likeness (QED) is 0.298. The summed E-state index contributed by atoms with van der Waals surface area (Å²) in [5.74, 6) is -0.902. The first-order valence-corrected chi connectivity index (χ1v) is 12.3. The number of nitro groups is 1. The maximum atomic E-state index is 12.8. The molecule has 2 atom stereocenters. The lowest BCUT2D eigenvalue weighted by molar-refractivity contribution is -0.384. The van der Waals surface area contributed by atoms with Crippen molar-refractivity contribution in [2.75, 3.05) is 0 Å². The van der Waals surface area contributed by atoms with E-state index in [1.165, 1.54) is 36.7 Å². The molecule has 1 aliphatic rings. The Labute approximate surface area is 201 Å². The topological polar surface area (TPSA) is 146 Å². The molecule has 0 bridgehead atoms. The lowest BCUT2D eigenvalue weighted by Gasteiger charge is -2.21. The standard InChI is InChI=1S/C24H21N3O7S/c28-23(16-12-14-25-15-13-16)26-21-2-1-3-22(21)34-24(29)17-4-8-19(9-5-17)35(32,33)20-10-6-18(7-11-20)27(30)31/h4-15,21-22H,1-3H2,(H,26,28)/t21-,22-/m1/s1. The highest BCUT2D eigenvalue weighted by molar-refractivity contribution is 7.91. The Morgan fingerprint density at radius 3 is 2.11 bits per heavy atom. The van der Waals surface area contributed by atoms with E-state index in [9.17, 15) is 28.1 Å². The number of nitrogens with one attached hydrogen (secondary N) is 1. The third kappa shape index (κ3) is 5.35. The lowest BCUT2D eigenvalue weighted by Crippen LogP contribution is -2.41. The van der Waals surface area contributed by atoms with Crippen LogP contribution in [-0.4, -0.2) is 42.3 Å². The fraction of sp³-hybridized carbons (Fsp3) is 0.208. The minimum atomic E-state index is -3.92. The molecule has 2 aromatic carbocycles. The summed E-state index contributed by atoms with van der Waals surface area (Å²) in [4.78, 5) is 39.0.